The molecule has 1 heterocycles. The summed E-state index contributed by atoms with van der Waals surface area (Å²) in [6.45, 7) is 4.77. The number of hydrogen-bond donors (Lipinski definition) is 0. The third kappa shape index (κ3) is 4.19. The lowest BCUT2D eigenvalue weighted by Gasteiger charge is -2.12. The number of rotatable bonds is 9. The highest BCUT2D eigenvalue weighted by Gasteiger charge is 2.18. The average Bonchev–Trinajstić information content (AvgIpc) is 3.28. The second-order valence-electron chi connectivity index (χ2n) is 8.53. The molecule has 0 aliphatic carbocycles. The van der Waals surface area contributed by atoms with Gasteiger partial charge in [0.2, 0.25) is 0 Å². The van der Waals surface area contributed by atoms with E-state index in [0.29, 0.717) is 6.61 Å². The van der Waals surface area contributed by atoms with E-state index < -0.39 is 0 Å². The fourth-order valence-electron chi connectivity index (χ4n) is 4.75. The molecule has 0 saturated carbocycles. The number of benzene rings is 4. The molecule has 5 aromatic rings. The largest absolute Gasteiger partial charge is 0.463 e. The van der Waals surface area contributed by atoms with E-state index in [1.165, 1.54) is 33.1 Å². The van der Waals surface area contributed by atoms with Gasteiger partial charge in [-0.25, -0.2) is 9.78 Å². The van der Waals surface area contributed by atoms with Crippen molar-refractivity contribution in [3.63, 3.8) is 0 Å². The summed E-state index contributed by atoms with van der Waals surface area (Å²) in [6, 6.07) is 27.7. The number of unbranched alkanes of at least 4 members (excludes halogenated alkanes) is 3. The predicted molar refractivity (Wildman–Crippen MR) is 140 cm³/mol. The Labute approximate surface area is 199 Å². The summed E-state index contributed by atoms with van der Waals surface area (Å²) in [4.78, 5) is 16.4. The molecule has 34 heavy (non-hydrogen) atoms. The molecule has 0 atom stereocenters. The van der Waals surface area contributed by atoms with Crippen molar-refractivity contribution in [2.45, 2.75) is 32.2 Å². The van der Waals surface area contributed by atoms with Crippen LogP contribution >= 0.6 is 0 Å². The van der Waals surface area contributed by atoms with Crippen LogP contribution in [-0.2, 0) is 16.1 Å². The van der Waals surface area contributed by atoms with Gasteiger partial charge in [0.25, 0.3) is 0 Å². The van der Waals surface area contributed by atoms with Crippen molar-refractivity contribution in [1.82, 2.24) is 9.55 Å². The lowest BCUT2D eigenvalue weighted by molar-refractivity contribution is -0.137. The van der Waals surface area contributed by atoms with Crippen LogP contribution in [0.5, 0.6) is 0 Å². The molecule has 170 valence electrons. The molecular formula is C30H28N2O2. The molecule has 1 aromatic heterocycles. The third-order valence-electron chi connectivity index (χ3n) is 6.34. The number of carbonyl (C=O) groups is 1. The van der Waals surface area contributed by atoms with Crippen molar-refractivity contribution in [3.05, 3.63) is 91.5 Å². The summed E-state index contributed by atoms with van der Waals surface area (Å²) >= 11 is 0. The summed E-state index contributed by atoms with van der Waals surface area (Å²) in [5, 5.41) is 4.93. The van der Waals surface area contributed by atoms with Gasteiger partial charge < -0.3 is 9.30 Å². The van der Waals surface area contributed by atoms with Gasteiger partial charge in [0.1, 0.15) is 5.82 Å². The maximum atomic E-state index is 11.2. The summed E-state index contributed by atoms with van der Waals surface area (Å²) in [7, 11) is 0. The minimum absolute atomic E-state index is 0.350. The van der Waals surface area contributed by atoms with E-state index in [4.69, 9.17) is 9.72 Å². The number of imidazole rings is 1. The third-order valence-corrected chi connectivity index (χ3v) is 6.34. The Hall–Kier alpha value is -3.92. The van der Waals surface area contributed by atoms with Gasteiger partial charge in [-0.3, -0.25) is 0 Å². The Morgan fingerprint density at radius 3 is 2.15 bits per heavy atom. The minimum atomic E-state index is -0.350. The smallest absolute Gasteiger partial charge is 0.330 e. The topological polar surface area (TPSA) is 44.1 Å². The van der Waals surface area contributed by atoms with E-state index in [0.717, 1.165) is 49.1 Å². The first-order valence-corrected chi connectivity index (χ1v) is 11.9. The number of nitrogens with zero attached hydrogens (tertiary/aromatic N) is 2. The van der Waals surface area contributed by atoms with Crippen LogP contribution in [0.15, 0.2) is 91.5 Å². The Bertz CT molecular complexity index is 1470. The van der Waals surface area contributed by atoms with Crippen LogP contribution in [0, 0.1) is 0 Å². The molecule has 0 N–H and O–H groups in total. The van der Waals surface area contributed by atoms with E-state index in [2.05, 4.69) is 83.9 Å². The normalized spacial score (nSPS) is 11.3. The molecule has 0 bridgehead atoms. The molecule has 4 heteroatoms. The van der Waals surface area contributed by atoms with Crippen molar-refractivity contribution >= 4 is 38.5 Å². The maximum Gasteiger partial charge on any atom is 0.330 e. The fraction of sp³-hybridized carbons (Fsp3) is 0.200. The molecule has 0 saturated heterocycles. The van der Waals surface area contributed by atoms with Gasteiger partial charge in [-0.1, -0.05) is 91.9 Å². The zero-order valence-electron chi connectivity index (χ0n) is 19.2. The number of fused-ring (bicyclic) bond motifs is 6. The summed E-state index contributed by atoms with van der Waals surface area (Å²) in [5.74, 6) is 0.661. The van der Waals surface area contributed by atoms with Crippen LogP contribution in [0.1, 0.15) is 25.7 Å². The lowest BCUT2D eigenvalue weighted by Crippen LogP contribution is -2.03. The average molecular weight is 449 g/mol. The number of esters is 1. The van der Waals surface area contributed by atoms with Gasteiger partial charge in [-0.2, -0.15) is 0 Å². The number of carbonyl (C=O) groups excluding carboxylic acids is 1. The Morgan fingerprint density at radius 2 is 1.41 bits per heavy atom. The first-order valence-electron chi connectivity index (χ1n) is 11.9. The predicted octanol–water partition coefficient (Wildman–Crippen LogP) is 7.30. The van der Waals surface area contributed by atoms with Gasteiger partial charge in [0, 0.05) is 29.0 Å². The fourth-order valence-corrected chi connectivity index (χ4v) is 4.75. The SMILES string of the molecule is C=CC(=O)OCCCCCCn1c(-c2ccccc2)nc2c3ccccc3c3ccccc3c21. The van der Waals surface area contributed by atoms with Gasteiger partial charge in [0.05, 0.1) is 17.6 Å². The van der Waals surface area contributed by atoms with Crippen molar-refractivity contribution in [3.8, 4) is 11.4 Å². The number of aryl methyl sites for hydroxylation is 1. The van der Waals surface area contributed by atoms with E-state index in [1.54, 1.807) is 0 Å². The first-order chi connectivity index (χ1) is 16.8. The summed E-state index contributed by atoms with van der Waals surface area (Å²) in [5.41, 5.74) is 3.39. The lowest BCUT2D eigenvalue weighted by atomic mass is 10.00. The Kier molecular flexibility index (Phi) is 6.39. The van der Waals surface area contributed by atoms with Crippen molar-refractivity contribution in [1.29, 1.82) is 0 Å². The van der Waals surface area contributed by atoms with Crippen LogP contribution < -0.4 is 0 Å². The Balaban J connectivity index is 1.53. The molecule has 0 aliphatic heterocycles. The zero-order chi connectivity index (χ0) is 23.3. The molecule has 0 amide bonds. The van der Waals surface area contributed by atoms with E-state index in [-0.39, 0.29) is 5.97 Å². The highest BCUT2D eigenvalue weighted by Crippen LogP contribution is 2.37. The minimum Gasteiger partial charge on any atom is -0.463 e. The highest BCUT2D eigenvalue weighted by atomic mass is 16.5. The second-order valence-corrected chi connectivity index (χ2v) is 8.53. The molecule has 0 unspecified atom stereocenters. The van der Waals surface area contributed by atoms with Gasteiger partial charge in [-0.05, 0) is 30.0 Å². The first kappa shape index (κ1) is 21.9. The number of aromatic nitrogens is 2. The standard InChI is InChI=1S/C30H28N2O2/c1-2-27(33)34-21-13-4-3-12-20-32-29-26-19-11-9-17-24(26)23-16-8-10-18-25(23)28(29)31-30(32)22-14-6-5-7-15-22/h2,5-11,14-19H,1,3-4,12-13,20-21H2. The second kappa shape index (κ2) is 9.92. The summed E-state index contributed by atoms with van der Waals surface area (Å²) in [6.07, 6.45) is 5.18. The van der Waals surface area contributed by atoms with E-state index >= 15 is 0 Å². The van der Waals surface area contributed by atoms with E-state index in [1.807, 2.05) is 6.07 Å². The maximum absolute atomic E-state index is 11.2. The van der Waals surface area contributed by atoms with Crippen LogP contribution in [-0.4, -0.2) is 22.1 Å². The van der Waals surface area contributed by atoms with Crippen LogP contribution in [0.4, 0.5) is 0 Å². The molecule has 0 radical (unpaired) electrons. The number of hydrogen-bond acceptors (Lipinski definition) is 3. The van der Waals surface area contributed by atoms with E-state index in [9.17, 15) is 4.79 Å². The van der Waals surface area contributed by atoms with Crippen molar-refractivity contribution < 1.29 is 9.53 Å². The molecule has 0 spiro atoms. The monoisotopic (exact) mass is 448 g/mol. The Morgan fingerprint density at radius 1 is 0.794 bits per heavy atom. The quantitative estimate of drug-likeness (QED) is 0.103. The zero-order valence-corrected chi connectivity index (χ0v) is 19.2. The molecule has 4 aromatic carbocycles. The van der Waals surface area contributed by atoms with Gasteiger partial charge >= 0.3 is 5.97 Å². The summed E-state index contributed by atoms with van der Waals surface area (Å²) < 4.78 is 7.50. The van der Waals surface area contributed by atoms with Gasteiger partial charge in [0.15, 0.2) is 0 Å². The molecule has 5 rings (SSSR count). The molecule has 4 nitrogen and oxygen atoms in total. The molecule has 0 aliphatic rings. The molecule has 0 fully saturated rings. The van der Waals surface area contributed by atoms with Crippen LogP contribution in [0.25, 0.3) is 44.0 Å². The van der Waals surface area contributed by atoms with Crippen molar-refractivity contribution in [2.75, 3.05) is 6.61 Å². The highest BCUT2D eigenvalue weighted by molar-refractivity contribution is 6.23. The molecular weight excluding hydrogens is 420 g/mol. The number of ether oxygens (including phenoxy) is 1. The van der Waals surface area contributed by atoms with Gasteiger partial charge in [-0.15, -0.1) is 0 Å². The van der Waals surface area contributed by atoms with Crippen LogP contribution in [0.2, 0.25) is 0 Å². The van der Waals surface area contributed by atoms with Crippen LogP contribution in [0.3, 0.4) is 0 Å². The van der Waals surface area contributed by atoms with Crippen molar-refractivity contribution in [2.24, 2.45) is 0 Å².